The zero-order valence-corrected chi connectivity index (χ0v) is 19.3. The third kappa shape index (κ3) is 5.48. The van der Waals surface area contributed by atoms with Gasteiger partial charge in [-0.3, -0.25) is 4.79 Å². The molecule has 2 aromatic rings. The van der Waals surface area contributed by atoms with Crippen molar-refractivity contribution in [2.75, 3.05) is 59.4 Å². The number of methoxy groups -OCH3 is 3. The minimum Gasteiger partial charge on any atom is -0.493 e. The molecule has 2 aromatic carbocycles. The van der Waals surface area contributed by atoms with Crippen LogP contribution in [-0.2, 0) is 11.3 Å². The van der Waals surface area contributed by atoms with Crippen molar-refractivity contribution >= 4 is 11.6 Å². The van der Waals surface area contributed by atoms with Crippen LogP contribution in [0.25, 0.3) is 0 Å². The van der Waals surface area contributed by atoms with E-state index in [1.807, 2.05) is 44.2 Å². The summed E-state index contributed by atoms with van der Waals surface area (Å²) in [7, 11) is 4.91. The fraction of sp³-hybridized carbons (Fsp3) is 0.458. The second-order valence-electron chi connectivity index (χ2n) is 8.16. The third-order valence-corrected chi connectivity index (χ3v) is 6.05. The van der Waals surface area contributed by atoms with Crippen LogP contribution in [0.15, 0.2) is 30.3 Å². The van der Waals surface area contributed by atoms with Gasteiger partial charge < -0.3 is 29.3 Å². The van der Waals surface area contributed by atoms with Crippen molar-refractivity contribution < 1.29 is 28.8 Å². The van der Waals surface area contributed by atoms with E-state index in [1.165, 1.54) is 9.80 Å². The van der Waals surface area contributed by atoms with Gasteiger partial charge >= 0.3 is 0 Å². The number of carbonyl (C=O) groups is 1. The van der Waals surface area contributed by atoms with E-state index >= 15 is 0 Å². The van der Waals surface area contributed by atoms with Crippen LogP contribution in [0, 0.1) is 13.8 Å². The first-order chi connectivity index (χ1) is 15.0. The second kappa shape index (κ2) is 10.5. The molecule has 3 rings (SSSR count). The molecule has 1 aliphatic rings. The van der Waals surface area contributed by atoms with Crippen LogP contribution in [0.4, 0.5) is 5.69 Å². The van der Waals surface area contributed by atoms with E-state index in [-0.39, 0.29) is 5.91 Å². The second-order valence-corrected chi connectivity index (χ2v) is 8.16. The van der Waals surface area contributed by atoms with Gasteiger partial charge in [-0.2, -0.15) is 0 Å². The molecule has 7 heteroatoms. The first-order valence-corrected chi connectivity index (χ1v) is 10.8. The Kier molecular flexibility index (Phi) is 7.76. The molecule has 7 nitrogen and oxygen atoms in total. The highest BCUT2D eigenvalue weighted by atomic mass is 16.5. The topological polar surface area (TPSA) is 65.7 Å². The summed E-state index contributed by atoms with van der Waals surface area (Å²) in [4.78, 5) is 15.4. The Morgan fingerprint density at radius 1 is 0.871 bits per heavy atom. The van der Waals surface area contributed by atoms with Crippen molar-refractivity contribution in [2.24, 2.45) is 0 Å². The maximum atomic E-state index is 12.6. The average molecular weight is 430 g/mol. The summed E-state index contributed by atoms with van der Waals surface area (Å²) in [5, 5.41) is 3.11. The molecule has 31 heavy (non-hydrogen) atoms. The summed E-state index contributed by atoms with van der Waals surface area (Å²) in [5.41, 5.74) is 4.24. The number of ether oxygens (including phenoxy) is 3. The number of hydrogen-bond donors (Lipinski definition) is 3. The number of para-hydroxylation sites is 1. The Morgan fingerprint density at radius 2 is 1.48 bits per heavy atom. The highest BCUT2D eigenvalue weighted by Crippen LogP contribution is 2.39. The molecule has 0 bridgehead atoms. The number of quaternary nitrogens is 2. The molecule has 0 atom stereocenters. The van der Waals surface area contributed by atoms with E-state index in [4.69, 9.17) is 14.2 Å². The Bertz CT molecular complexity index is 888. The number of aryl methyl sites for hydroxylation is 2. The fourth-order valence-electron chi connectivity index (χ4n) is 4.30. The first-order valence-electron chi connectivity index (χ1n) is 10.8. The number of anilines is 1. The molecule has 1 amide bonds. The van der Waals surface area contributed by atoms with Crippen molar-refractivity contribution in [3.8, 4) is 17.2 Å². The van der Waals surface area contributed by atoms with Crippen LogP contribution in [0.5, 0.6) is 17.2 Å². The van der Waals surface area contributed by atoms with Gasteiger partial charge in [0.2, 0.25) is 5.75 Å². The van der Waals surface area contributed by atoms with Crippen LogP contribution >= 0.6 is 0 Å². The average Bonchev–Trinajstić information content (AvgIpc) is 2.77. The number of amides is 1. The van der Waals surface area contributed by atoms with Crippen molar-refractivity contribution in [1.82, 2.24) is 0 Å². The van der Waals surface area contributed by atoms with E-state index in [2.05, 4.69) is 5.32 Å². The monoisotopic (exact) mass is 429 g/mol. The molecule has 168 valence electrons. The normalized spacial score (nSPS) is 18.4. The van der Waals surface area contributed by atoms with E-state index in [0.717, 1.165) is 60.9 Å². The van der Waals surface area contributed by atoms with Crippen molar-refractivity contribution in [3.05, 3.63) is 47.0 Å². The minimum absolute atomic E-state index is 0.0809. The van der Waals surface area contributed by atoms with Crippen LogP contribution in [0.3, 0.4) is 0 Å². The smallest absolute Gasteiger partial charge is 0.279 e. The van der Waals surface area contributed by atoms with Crippen molar-refractivity contribution in [1.29, 1.82) is 0 Å². The Labute approximate surface area is 184 Å². The van der Waals surface area contributed by atoms with Gasteiger partial charge in [0.1, 0.15) is 32.7 Å². The molecule has 1 heterocycles. The molecule has 0 spiro atoms. The van der Waals surface area contributed by atoms with E-state index in [1.54, 1.807) is 21.3 Å². The zero-order chi connectivity index (χ0) is 22.4. The summed E-state index contributed by atoms with van der Waals surface area (Å²) >= 11 is 0. The number of piperazine rings is 1. The Hall–Kier alpha value is -2.77. The van der Waals surface area contributed by atoms with E-state index in [9.17, 15) is 4.79 Å². The van der Waals surface area contributed by atoms with Gasteiger partial charge in [0.05, 0.1) is 26.9 Å². The van der Waals surface area contributed by atoms with Crippen LogP contribution in [-0.4, -0.2) is 60.0 Å². The largest absolute Gasteiger partial charge is 0.493 e. The van der Waals surface area contributed by atoms with Gasteiger partial charge in [-0.25, -0.2) is 0 Å². The van der Waals surface area contributed by atoms with Crippen LogP contribution in [0.1, 0.15) is 16.7 Å². The van der Waals surface area contributed by atoms with Crippen molar-refractivity contribution in [3.63, 3.8) is 0 Å². The van der Waals surface area contributed by atoms with E-state index in [0.29, 0.717) is 18.0 Å². The quantitative estimate of drug-likeness (QED) is 0.563. The molecule has 0 saturated carbocycles. The molecular weight excluding hydrogens is 394 g/mol. The number of carbonyl (C=O) groups excluding carboxylic acids is 1. The lowest BCUT2D eigenvalue weighted by Gasteiger charge is -2.30. The number of nitrogens with one attached hydrogen (secondary N) is 3. The van der Waals surface area contributed by atoms with Gasteiger partial charge in [0.25, 0.3) is 5.91 Å². The summed E-state index contributed by atoms with van der Waals surface area (Å²) in [6, 6.07) is 10.0. The highest BCUT2D eigenvalue weighted by Gasteiger charge is 2.27. The molecule has 0 radical (unpaired) electrons. The van der Waals surface area contributed by atoms with Gasteiger partial charge in [0, 0.05) is 5.69 Å². The Balaban J connectivity index is 1.55. The number of rotatable bonds is 8. The molecule has 1 saturated heterocycles. The third-order valence-electron chi connectivity index (χ3n) is 6.05. The highest BCUT2D eigenvalue weighted by molar-refractivity contribution is 5.93. The number of hydrogen-bond acceptors (Lipinski definition) is 4. The maximum Gasteiger partial charge on any atom is 0.279 e. The fourth-order valence-corrected chi connectivity index (χ4v) is 4.30. The summed E-state index contributed by atoms with van der Waals surface area (Å²) in [5.74, 6) is 2.12. The molecule has 1 fully saturated rings. The van der Waals surface area contributed by atoms with Crippen LogP contribution in [0.2, 0.25) is 0 Å². The molecule has 3 N–H and O–H groups in total. The van der Waals surface area contributed by atoms with Crippen LogP contribution < -0.4 is 29.3 Å². The molecule has 0 aromatic heterocycles. The van der Waals surface area contributed by atoms with E-state index < -0.39 is 0 Å². The molecule has 0 aliphatic carbocycles. The minimum atomic E-state index is 0.0809. The maximum absolute atomic E-state index is 12.6. The van der Waals surface area contributed by atoms with Gasteiger partial charge in [-0.05, 0) is 37.1 Å². The SMILES string of the molecule is COc1ccc(C[NH+]2CC[NH+](CC(=O)Nc3c(C)cccc3C)CC2)c(OC)c1OC. The predicted octanol–water partition coefficient (Wildman–Crippen LogP) is 0.251. The molecule has 0 unspecified atom stereocenters. The molecular formula is C24H35N3O4+2. The van der Waals surface area contributed by atoms with Gasteiger partial charge in [0.15, 0.2) is 18.0 Å². The standard InChI is InChI=1S/C24H33N3O4/c1-17-7-6-8-18(2)22(17)25-21(28)16-27-13-11-26(12-14-27)15-19-9-10-20(29-3)24(31-5)23(19)30-4/h6-10H,11-16H2,1-5H3,(H,25,28)/p+2. The summed E-state index contributed by atoms with van der Waals surface area (Å²) in [6.07, 6.45) is 0. The number of benzene rings is 2. The Morgan fingerprint density at radius 3 is 2.06 bits per heavy atom. The lowest BCUT2D eigenvalue weighted by atomic mass is 10.1. The predicted molar refractivity (Wildman–Crippen MR) is 121 cm³/mol. The zero-order valence-electron chi connectivity index (χ0n) is 19.3. The summed E-state index contributed by atoms with van der Waals surface area (Å²) in [6.45, 7) is 9.34. The first kappa shape index (κ1) is 22.9. The van der Waals surface area contributed by atoms with Gasteiger partial charge in [-0.15, -0.1) is 0 Å². The molecule has 1 aliphatic heterocycles. The summed E-state index contributed by atoms with van der Waals surface area (Å²) < 4.78 is 16.5. The van der Waals surface area contributed by atoms with Gasteiger partial charge in [-0.1, -0.05) is 18.2 Å². The lowest BCUT2D eigenvalue weighted by Crippen LogP contribution is -3.28. The van der Waals surface area contributed by atoms with Crippen molar-refractivity contribution in [2.45, 2.75) is 20.4 Å². The lowest BCUT2D eigenvalue weighted by molar-refractivity contribution is -1.02.